The molecular weight excluding hydrogens is 294 g/mol. The fraction of sp³-hybridized carbons (Fsp3) is 0.500. The van der Waals surface area contributed by atoms with Crippen molar-refractivity contribution >= 4 is 17.5 Å². The highest BCUT2D eigenvalue weighted by Gasteiger charge is 2.28. The van der Waals surface area contributed by atoms with E-state index in [9.17, 15) is 9.59 Å². The molecule has 3 heterocycles. The van der Waals surface area contributed by atoms with Crippen LogP contribution in [0.1, 0.15) is 31.5 Å². The van der Waals surface area contributed by atoms with E-state index >= 15 is 0 Å². The summed E-state index contributed by atoms with van der Waals surface area (Å²) in [6, 6.07) is 5.81. The summed E-state index contributed by atoms with van der Waals surface area (Å²) in [5.74, 6) is 0.960. The van der Waals surface area contributed by atoms with Crippen LogP contribution in [0.25, 0.3) is 5.65 Å². The number of likely N-dealkylation sites (tertiary alicyclic amines) is 1. The Bertz CT molecular complexity index is 726. The molecule has 0 spiro atoms. The maximum Gasteiger partial charge on any atom is 0.242 e. The molecule has 7 heteroatoms. The standard InChI is InChI=1S/C16H21N5O2/c1-12(22)19(2)11-15(23)20-8-5-6-13(10-20)16-18-17-14-7-3-4-9-21(14)16/h3-4,7,9,13H,5-6,8,10-11H2,1-2H3/t13-/m0/s1. The Morgan fingerprint density at radius 3 is 2.96 bits per heavy atom. The molecule has 2 aromatic rings. The second-order valence-corrected chi connectivity index (χ2v) is 6.04. The van der Waals surface area contributed by atoms with Crippen LogP contribution in [0.4, 0.5) is 0 Å². The van der Waals surface area contributed by atoms with Gasteiger partial charge in [0.25, 0.3) is 0 Å². The first-order chi connectivity index (χ1) is 11.1. The Kier molecular flexibility index (Phi) is 4.27. The number of hydrogen-bond acceptors (Lipinski definition) is 4. The predicted octanol–water partition coefficient (Wildman–Crippen LogP) is 0.914. The molecule has 0 N–H and O–H groups in total. The molecule has 0 unspecified atom stereocenters. The number of likely N-dealkylation sites (N-methyl/N-ethyl adjacent to an activating group) is 1. The molecule has 2 amide bonds. The minimum atomic E-state index is -0.102. The number of fused-ring (bicyclic) bond motifs is 1. The van der Waals surface area contributed by atoms with E-state index in [2.05, 4.69) is 10.2 Å². The first kappa shape index (κ1) is 15.5. The van der Waals surface area contributed by atoms with Gasteiger partial charge < -0.3 is 9.80 Å². The number of nitrogens with zero attached hydrogens (tertiary/aromatic N) is 5. The lowest BCUT2D eigenvalue weighted by atomic mass is 9.97. The van der Waals surface area contributed by atoms with Crippen LogP contribution < -0.4 is 0 Å². The number of carbonyl (C=O) groups is 2. The number of amides is 2. The highest BCUT2D eigenvalue weighted by molar-refractivity contribution is 5.83. The highest BCUT2D eigenvalue weighted by Crippen LogP contribution is 2.26. The van der Waals surface area contributed by atoms with Crippen molar-refractivity contribution in [2.45, 2.75) is 25.7 Å². The van der Waals surface area contributed by atoms with Gasteiger partial charge >= 0.3 is 0 Å². The molecule has 0 bridgehead atoms. The lowest BCUT2D eigenvalue weighted by Gasteiger charge is -2.33. The van der Waals surface area contributed by atoms with Crippen molar-refractivity contribution in [2.75, 3.05) is 26.7 Å². The van der Waals surface area contributed by atoms with E-state index in [1.807, 2.05) is 33.7 Å². The van der Waals surface area contributed by atoms with Crippen molar-refractivity contribution in [2.24, 2.45) is 0 Å². The van der Waals surface area contributed by atoms with E-state index in [1.54, 1.807) is 7.05 Å². The van der Waals surface area contributed by atoms with Crippen molar-refractivity contribution < 1.29 is 9.59 Å². The SMILES string of the molecule is CC(=O)N(C)CC(=O)N1CCC[C@H](c2nnc3ccccn23)C1. The summed E-state index contributed by atoms with van der Waals surface area (Å²) in [5.41, 5.74) is 0.822. The van der Waals surface area contributed by atoms with Crippen LogP contribution in [0, 0.1) is 0 Å². The van der Waals surface area contributed by atoms with E-state index < -0.39 is 0 Å². The largest absolute Gasteiger partial charge is 0.340 e. The summed E-state index contributed by atoms with van der Waals surface area (Å²) in [6.07, 6.45) is 3.87. The highest BCUT2D eigenvalue weighted by atomic mass is 16.2. The van der Waals surface area contributed by atoms with Crippen molar-refractivity contribution in [3.63, 3.8) is 0 Å². The Morgan fingerprint density at radius 1 is 1.35 bits per heavy atom. The van der Waals surface area contributed by atoms with E-state index in [-0.39, 0.29) is 24.3 Å². The summed E-state index contributed by atoms with van der Waals surface area (Å²) >= 11 is 0. The molecular formula is C16H21N5O2. The number of aromatic nitrogens is 3. The third-order valence-corrected chi connectivity index (χ3v) is 4.39. The smallest absolute Gasteiger partial charge is 0.242 e. The van der Waals surface area contributed by atoms with Gasteiger partial charge in [0.05, 0.1) is 6.54 Å². The minimum absolute atomic E-state index is 0.0128. The summed E-state index contributed by atoms with van der Waals surface area (Å²) in [6.45, 7) is 2.95. The maximum atomic E-state index is 12.4. The van der Waals surface area contributed by atoms with Gasteiger partial charge in [0.1, 0.15) is 5.82 Å². The van der Waals surface area contributed by atoms with Crippen LogP contribution in [0.5, 0.6) is 0 Å². The molecule has 0 radical (unpaired) electrons. The van der Waals surface area contributed by atoms with Crippen LogP contribution in [-0.2, 0) is 9.59 Å². The van der Waals surface area contributed by atoms with E-state index in [0.717, 1.165) is 30.9 Å². The topological polar surface area (TPSA) is 70.8 Å². The van der Waals surface area contributed by atoms with E-state index in [4.69, 9.17) is 0 Å². The molecule has 1 aliphatic heterocycles. The van der Waals surface area contributed by atoms with Gasteiger partial charge in [0.15, 0.2) is 5.65 Å². The zero-order chi connectivity index (χ0) is 16.4. The predicted molar refractivity (Wildman–Crippen MR) is 84.9 cm³/mol. The molecule has 2 aromatic heterocycles. The average Bonchev–Trinajstić information content (AvgIpc) is 2.99. The van der Waals surface area contributed by atoms with Gasteiger partial charge in [-0.15, -0.1) is 10.2 Å². The number of piperidine rings is 1. The molecule has 122 valence electrons. The van der Waals surface area contributed by atoms with Gasteiger partial charge in [-0.3, -0.25) is 14.0 Å². The third kappa shape index (κ3) is 3.18. The molecule has 1 fully saturated rings. The van der Waals surface area contributed by atoms with Crippen LogP contribution in [0.3, 0.4) is 0 Å². The molecule has 7 nitrogen and oxygen atoms in total. The fourth-order valence-corrected chi connectivity index (χ4v) is 2.97. The van der Waals surface area contributed by atoms with Crippen LogP contribution >= 0.6 is 0 Å². The normalized spacial score (nSPS) is 18.2. The Morgan fingerprint density at radius 2 is 2.17 bits per heavy atom. The zero-order valence-electron chi connectivity index (χ0n) is 13.5. The van der Waals surface area contributed by atoms with E-state index in [0.29, 0.717) is 6.54 Å². The number of hydrogen-bond donors (Lipinski definition) is 0. The van der Waals surface area contributed by atoms with Crippen LogP contribution in [-0.4, -0.2) is 62.9 Å². The number of carbonyl (C=O) groups excluding carboxylic acids is 2. The fourth-order valence-electron chi connectivity index (χ4n) is 2.97. The Balaban J connectivity index is 1.73. The monoisotopic (exact) mass is 315 g/mol. The summed E-state index contributed by atoms with van der Waals surface area (Å²) in [7, 11) is 1.65. The molecule has 1 aliphatic rings. The molecule has 0 aliphatic carbocycles. The van der Waals surface area contributed by atoms with Gasteiger partial charge in [0, 0.05) is 39.2 Å². The van der Waals surface area contributed by atoms with Crippen molar-refractivity contribution in [1.29, 1.82) is 0 Å². The van der Waals surface area contributed by atoms with Crippen molar-refractivity contribution in [3.8, 4) is 0 Å². The molecule has 1 saturated heterocycles. The number of pyridine rings is 1. The van der Waals surface area contributed by atoms with Gasteiger partial charge in [-0.1, -0.05) is 6.07 Å². The summed E-state index contributed by atoms with van der Waals surface area (Å²) in [4.78, 5) is 26.9. The molecule has 0 aromatic carbocycles. The lowest BCUT2D eigenvalue weighted by Crippen LogP contribution is -2.45. The summed E-state index contributed by atoms with van der Waals surface area (Å²) in [5, 5.41) is 8.50. The molecule has 23 heavy (non-hydrogen) atoms. The summed E-state index contributed by atoms with van der Waals surface area (Å²) < 4.78 is 1.99. The van der Waals surface area contributed by atoms with Crippen molar-refractivity contribution in [1.82, 2.24) is 24.4 Å². The second kappa shape index (κ2) is 6.36. The first-order valence-electron chi connectivity index (χ1n) is 7.85. The lowest BCUT2D eigenvalue weighted by molar-refractivity contribution is -0.139. The first-order valence-corrected chi connectivity index (χ1v) is 7.85. The Labute approximate surface area is 134 Å². The van der Waals surface area contributed by atoms with Crippen LogP contribution in [0.2, 0.25) is 0 Å². The zero-order valence-corrected chi connectivity index (χ0v) is 13.5. The van der Waals surface area contributed by atoms with Gasteiger partial charge in [-0.05, 0) is 25.0 Å². The quantitative estimate of drug-likeness (QED) is 0.844. The molecule has 1 atom stereocenters. The maximum absolute atomic E-state index is 12.4. The van der Waals surface area contributed by atoms with Gasteiger partial charge in [0.2, 0.25) is 11.8 Å². The Hall–Kier alpha value is -2.44. The van der Waals surface area contributed by atoms with Crippen molar-refractivity contribution in [3.05, 3.63) is 30.2 Å². The second-order valence-electron chi connectivity index (χ2n) is 6.04. The third-order valence-electron chi connectivity index (χ3n) is 4.39. The van der Waals surface area contributed by atoms with Gasteiger partial charge in [-0.25, -0.2) is 0 Å². The molecule has 0 saturated carbocycles. The minimum Gasteiger partial charge on any atom is -0.340 e. The van der Waals surface area contributed by atoms with E-state index in [1.165, 1.54) is 11.8 Å². The van der Waals surface area contributed by atoms with Crippen LogP contribution in [0.15, 0.2) is 24.4 Å². The molecule has 3 rings (SSSR count). The number of rotatable bonds is 3. The van der Waals surface area contributed by atoms with Gasteiger partial charge in [-0.2, -0.15) is 0 Å². The average molecular weight is 315 g/mol.